The van der Waals surface area contributed by atoms with Crippen LogP contribution in [0.3, 0.4) is 0 Å². The largest absolute Gasteiger partial charge is 0.367 e. The van der Waals surface area contributed by atoms with Crippen molar-refractivity contribution in [1.29, 1.82) is 0 Å². The molecule has 0 bridgehead atoms. The summed E-state index contributed by atoms with van der Waals surface area (Å²) in [5, 5.41) is 6.42. The molecule has 1 aromatic heterocycles. The van der Waals surface area contributed by atoms with E-state index in [4.69, 9.17) is 0 Å². The fraction of sp³-hybridized carbons (Fsp3) is 0.600. The van der Waals surface area contributed by atoms with Crippen molar-refractivity contribution in [3.8, 4) is 0 Å². The molecule has 6 heteroatoms. The van der Waals surface area contributed by atoms with Crippen LogP contribution in [-0.2, 0) is 7.05 Å². The van der Waals surface area contributed by atoms with Crippen molar-refractivity contribution in [3.05, 3.63) is 26.9 Å². The lowest BCUT2D eigenvalue weighted by molar-refractivity contribution is 0.478. The van der Waals surface area contributed by atoms with Crippen molar-refractivity contribution < 1.29 is 0 Å². The summed E-state index contributed by atoms with van der Waals surface area (Å²) in [4.78, 5) is 25.4. The summed E-state index contributed by atoms with van der Waals surface area (Å²) >= 11 is 0. The number of rotatable bonds is 2. The van der Waals surface area contributed by atoms with Gasteiger partial charge in [-0.25, -0.2) is 4.79 Å². The number of aromatic nitrogens is 2. The van der Waals surface area contributed by atoms with Gasteiger partial charge in [0.25, 0.3) is 5.56 Å². The Morgan fingerprint density at radius 1 is 1.50 bits per heavy atom. The summed E-state index contributed by atoms with van der Waals surface area (Å²) in [7, 11) is 1.45. The van der Waals surface area contributed by atoms with Crippen LogP contribution in [0.4, 0.5) is 5.82 Å². The van der Waals surface area contributed by atoms with Crippen molar-refractivity contribution >= 4 is 5.82 Å². The molecule has 1 fully saturated rings. The summed E-state index contributed by atoms with van der Waals surface area (Å²) in [5.74, 6) is 0.502. The number of hydrogen-bond acceptors (Lipinski definition) is 4. The molecule has 0 radical (unpaired) electrons. The summed E-state index contributed by atoms with van der Waals surface area (Å²) in [6, 6.07) is 1.69. The van der Waals surface area contributed by atoms with Crippen LogP contribution >= 0.6 is 0 Å². The molecule has 0 amide bonds. The second-order valence-corrected chi connectivity index (χ2v) is 4.07. The third kappa shape index (κ3) is 2.33. The van der Waals surface area contributed by atoms with Gasteiger partial charge in [-0.2, -0.15) is 0 Å². The SMILES string of the molecule is Cn1c(=O)cc(NC2CCCNC2)[nH]c1=O. The maximum absolute atomic E-state index is 11.4. The zero-order valence-corrected chi connectivity index (χ0v) is 9.25. The van der Waals surface area contributed by atoms with Crippen molar-refractivity contribution in [2.75, 3.05) is 18.4 Å². The molecule has 0 saturated carbocycles. The van der Waals surface area contributed by atoms with E-state index in [0.29, 0.717) is 5.82 Å². The highest BCUT2D eigenvalue weighted by molar-refractivity contribution is 5.33. The summed E-state index contributed by atoms with van der Waals surface area (Å²) in [6.07, 6.45) is 2.15. The fourth-order valence-corrected chi connectivity index (χ4v) is 1.83. The molecule has 1 saturated heterocycles. The topological polar surface area (TPSA) is 78.9 Å². The van der Waals surface area contributed by atoms with Gasteiger partial charge in [-0.15, -0.1) is 0 Å². The van der Waals surface area contributed by atoms with E-state index in [0.717, 1.165) is 30.5 Å². The third-order valence-electron chi connectivity index (χ3n) is 2.80. The van der Waals surface area contributed by atoms with E-state index >= 15 is 0 Å². The van der Waals surface area contributed by atoms with Gasteiger partial charge < -0.3 is 10.6 Å². The summed E-state index contributed by atoms with van der Waals surface area (Å²) < 4.78 is 1.05. The maximum Gasteiger partial charge on any atom is 0.329 e. The minimum Gasteiger partial charge on any atom is -0.367 e. The first kappa shape index (κ1) is 10.9. The van der Waals surface area contributed by atoms with Crippen molar-refractivity contribution in [3.63, 3.8) is 0 Å². The Balaban J connectivity index is 2.15. The Morgan fingerprint density at radius 3 is 2.94 bits per heavy atom. The molecule has 6 nitrogen and oxygen atoms in total. The summed E-state index contributed by atoms with van der Waals surface area (Å²) in [5.41, 5.74) is -0.686. The van der Waals surface area contributed by atoms with Gasteiger partial charge in [0, 0.05) is 25.7 Å². The Kier molecular flexibility index (Phi) is 3.09. The number of H-pyrrole nitrogens is 1. The fourth-order valence-electron chi connectivity index (χ4n) is 1.83. The molecule has 1 aliphatic heterocycles. The van der Waals surface area contributed by atoms with Crippen LogP contribution in [0.5, 0.6) is 0 Å². The van der Waals surface area contributed by atoms with Gasteiger partial charge in [-0.1, -0.05) is 0 Å². The molecule has 0 aliphatic carbocycles. The van der Waals surface area contributed by atoms with E-state index in [1.54, 1.807) is 0 Å². The Labute approximate surface area is 92.7 Å². The second-order valence-electron chi connectivity index (χ2n) is 4.07. The first-order valence-electron chi connectivity index (χ1n) is 5.44. The van der Waals surface area contributed by atoms with Crippen LogP contribution in [0.15, 0.2) is 15.7 Å². The van der Waals surface area contributed by atoms with E-state index < -0.39 is 5.69 Å². The Bertz CT molecular complexity index is 439. The molecular formula is C10H16N4O2. The normalized spacial score (nSPS) is 20.7. The molecule has 1 atom stereocenters. The molecule has 16 heavy (non-hydrogen) atoms. The highest BCUT2D eigenvalue weighted by Crippen LogP contribution is 2.06. The number of aromatic amines is 1. The van der Waals surface area contributed by atoms with Gasteiger partial charge in [0.2, 0.25) is 0 Å². The molecule has 0 spiro atoms. The molecule has 1 aliphatic rings. The Hall–Kier alpha value is -1.56. The monoisotopic (exact) mass is 224 g/mol. The zero-order chi connectivity index (χ0) is 11.5. The molecule has 2 heterocycles. The first-order valence-corrected chi connectivity index (χ1v) is 5.44. The molecule has 2 rings (SSSR count). The van der Waals surface area contributed by atoms with Gasteiger partial charge in [0.1, 0.15) is 5.82 Å². The first-order chi connectivity index (χ1) is 7.66. The van der Waals surface area contributed by atoms with E-state index in [2.05, 4.69) is 15.6 Å². The molecular weight excluding hydrogens is 208 g/mol. The van der Waals surface area contributed by atoms with Gasteiger partial charge in [0.15, 0.2) is 0 Å². The zero-order valence-electron chi connectivity index (χ0n) is 9.25. The van der Waals surface area contributed by atoms with Crippen molar-refractivity contribution in [2.45, 2.75) is 18.9 Å². The van der Waals surface area contributed by atoms with E-state index in [9.17, 15) is 9.59 Å². The van der Waals surface area contributed by atoms with E-state index in [1.807, 2.05) is 0 Å². The van der Waals surface area contributed by atoms with Crippen LogP contribution in [0.25, 0.3) is 0 Å². The van der Waals surface area contributed by atoms with Gasteiger partial charge >= 0.3 is 5.69 Å². The smallest absolute Gasteiger partial charge is 0.329 e. The van der Waals surface area contributed by atoms with Gasteiger partial charge in [0.05, 0.1) is 0 Å². The van der Waals surface area contributed by atoms with Crippen LogP contribution in [0, 0.1) is 0 Å². The van der Waals surface area contributed by atoms with Crippen LogP contribution < -0.4 is 21.9 Å². The number of piperidine rings is 1. The third-order valence-corrected chi connectivity index (χ3v) is 2.80. The minimum atomic E-state index is -0.390. The van der Waals surface area contributed by atoms with Crippen molar-refractivity contribution in [2.24, 2.45) is 7.05 Å². The van der Waals surface area contributed by atoms with Crippen molar-refractivity contribution in [1.82, 2.24) is 14.9 Å². The highest BCUT2D eigenvalue weighted by atomic mass is 16.2. The van der Waals surface area contributed by atoms with Crippen LogP contribution in [0.2, 0.25) is 0 Å². The predicted octanol–water partition coefficient (Wildman–Crippen LogP) is -0.762. The van der Waals surface area contributed by atoms with E-state index in [-0.39, 0.29) is 11.6 Å². The highest BCUT2D eigenvalue weighted by Gasteiger charge is 2.13. The predicted molar refractivity (Wildman–Crippen MR) is 61.8 cm³/mol. The summed E-state index contributed by atoms with van der Waals surface area (Å²) in [6.45, 7) is 1.89. The lowest BCUT2D eigenvalue weighted by atomic mass is 10.1. The lowest BCUT2D eigenvalue weighted by Crippen LogP contribution is -2.40. The molecule has 3 N–H and O–H groups in total. The average Bonchev–Trinajstić information content (AvgIpc) is 2.27. The number of anilines is 1. The average molecular weight is 224 g/mol. The van der Waals surface area contributed by atoms with E-state index in [1.165, 1.54) is 13.1 Å². The quantitative estimate of drug-likeness (QED) is 0.617. The van der Waals surface area contributed by atoms with Crippen LogP contribution in [0.1, 0.15) is 12.8 Å². The van der Waals surface area contributed by atoms with Gasteiger partial charge in [-0.3, -0.25) is 14.3 Å². The minimum absolute atomic E-state index is 0.275. The van der Waals surface area contributed by atoms with Gasteiger partial charge in [-0.05, 0) is 19.4 Å². The molecule has 1 aromatic rings. The molecule has 88 valence electrons. The molecule has 1 unspecified atom stereocenters. The number of nitrogens with one attached hydrogen (secondary N) is 3. The number of nitrogens with zero attached hydrogens (tertiary/aromatic N) is 1. The number of hydrogen-bond donors (Lipinski definition) is 3. The molecule has 0 aromatic carbocycles. The lowest BCUT2D eigenvalue weighted by Gasteiger charge is -2.24. The Morgan fingerprint density at radius 2 is 2.31 bits per heavy atom. The second kappa shape index (κ2) is 4.52. The maximum atomic E-state index is 11.4. The van der Waals surface area contributed by atoms with Crippen LogP contribution in [-0.4, -0.2) is 28.7 Å². The standard InChI is InChI=1S/C10H16N4O2/c1-14-9(15)5-8(13-10(14)16)12-7-3-2-4-11-6-7/h5,7,11-12H,2-4,6H2,1H3,(H,13,16).